The first-order valence-electron chi connectivity index (χ1n) is 9.02. The molecule has 4 heteroatoms. The Labute approximate surface area is 152 Å². The van der Waals surface area contributed by atoms with Crippen molar-refractivity contribution in [3.05, 3.63) is 66.6 Å². The molecule has 1 aliphatic rings. The number of aromatic amines is 1. The summed E-state index contributed by atoms with van der Waals surface area (Å²) in [5.41, 5.74) is 6.97. The van der Waals surface area contributed by atoms with Gasteiger partial charge in [0.1, 0.15) is 5.82 Å². The van der Waals surface area contributed by atoms with Gasteiger partial charge in [0.2, 0.25) is 0 Å². The molecule has 4 aromatic rings. The van der Waals surface area contributed by atoms with Crippen molar-refractivity contribution >= 4 is 16.7 Å². The highest BCUT2D eigenvalue weighted by atomic mass is 15.2. The first-order chi connectivity index (χ1) is 12.8. The Morgan fingerprint density at radius 3 is 2.65 bits per heavy atom. The molecule has 0 radical (unpaired) electrons. The molecule has 0 saturated carbocycles. The number of nitrogens with zero attached hydrogens (tertiary/aromatic N) is 3. The van der Waals surface area contributed by atoms with Crippen molar-refractivity contribution in [3.63, 3.8) is 0 Å². The standard InChI is InChI=1S/C22H20N4/c1-15-9-19(14-23-13-15)16-3-4-20-18(10-16)11-21(25-20)17-5-6-24-22(12-17)26-7-2-8-26/h3-6,9-14,25H,2,7-8H2,1H3. The summed E-state index contributed by atoms with van der Waals surface area (Å²) < 4.78 is 0. The fraction of sp³-hybridized carbons (Fsp3) is 0.182. The van der Waals surface area contributed by atoms with E-state index in [4.69, 9.17) is 0 Å². The number of fused-ring (bicyclic) bond motifs is 1. The van der Waals surface area contributed by atoms with Crippen LogP contribution in [0.3, 0.4) is 0 Å². The number of anilines is 1. The summed E-state index contributed by atoms with van der Waals surface area (Å²) in [7, 11) is 0. The molecule has 0 atom stereocenters. The molecule has 3 aromatic heterocycles. The van der Waals surface area contributed by atoms with Gasteiger partial charge in [0.15, 0.2) is 0 Å². The predicted octanol–water partition coefficient (Wildman–Crippen LogP) is 4.81. The number of rotatable bonds is 3. The number of benzene rings is 1. The van der Waals surface area contributed by atoms with Gasteiger partial charge in [0.25, 0.3) is 0 Å². The summed E-state index contributed by atoms with van der Waals surface area (Å²) in [6.45, 7) is 4.29. The van der Waals surface area contributed by atoms with Crippen molar-refractivity contribution in [2.45, 2.75) is 13.3 Å². The van der Waals surface area contributed by atoms with Gasteiger partial charge in [-0.1, -0.05) is 6.07 Å². The lowest BCUT2D eigenvalue weighted by molar-refractivity contribution is 0.610. The zero-order chi connectivity index (χ0) is 17.5. The topological polar surface area (TPSA) is 44.8 Å². The summed E-state index contributed by atoms with van der Waals surface area (Å²) >= 11 is 0. The highest BCUT2D eigenvalue weighted by Crippen LogP contribution is 2.30. The summed E-state index contributed by atoms with van der Waals surface area (Å²) in [5, 5.41) is 1.21. The van der Waals surface area contributed by atoms with Gasteiger partial charge >= 0.3 is 0 Å². The normalized spacial score (nSPS) is 13.8. The van der Waals surface area contributed by atoms with Crippen molar-refractivity contribution in [1.29, 1.82) is 0 Å². The van der Waals surface area contributed by atoms with Gasteiger partial charge in [0.05, 0.1) is 0 Å². The van der Waals surface area contributed by atoms with Crippen LogP contribution in [0.15, 0.2) is 61.1 Å². The zero-order valence-electron chi connectivity index (χ0n) is 14.7. The summed E-state index contributed by atoms with van der Waals surface area (Å²) in [5.74, 6) is 1.07. The third kappa shape index (κ3) is 2.64. The molecule has 5 rings (SSSR count). The number of pyridine rings is 2. The first-order valence-corrected chi connectivity index (χ1v) is 9.02. The monoisotopic (exact) mass is 340 g/mol. The Morgan fingerprint density at radius 1 is 0.923 bits per heavy atom. The predicted molar refractivity (Wildman–Crippen MR) is 106 cm³/mol. The summed E-state index contributed by atoms with van der Waals surface area (Å²) in [6, 6.07) is 15.2. The minimum atomic E-state index is 1.07. The molecule has 0 spiro atoms. The smallest absolute Gasteiger partial charge is 0.129 e. The van der Waals surface area contributed by atoms with Gasteiger partial charge in [-0.05, 0) is 60.9 Å². The van der Waals surface area contributed by atoms with E-state index in [0.29, 0.717) is 0 Å². The van der Waals surface area contributed by atoms with Crippen molar-refractivity contribution in [1.82, 2.24) is 15.0 Å². The molecular formula is C22H20N4. The van der Waals surface area contributed by atoms with Crippen molar-refractivity contribution in [2.75, 3.05) is 18.0 Å². The average molecular weight is 340 g/mol. The Kier molecular flexibility index (Phi) is 3.49. The van der Waals surface area contributed by atoms with Crippen LogP contribution < -0.4 is 4.90 Å². The lowest BCUT2D eigenvalue weighted by Gasteiger charge is -2.32. The fourth-order valence-electron chi connectivity index (χ4n) is 3.48. The second-order valence-corrected chi connectivity index (χ2v) is 6.98. The van der Waals surface area contributed by atoms with E-state index in [1.807, 2.05) is 18.6 Å². The molecule has 1 aromatic carbocycles. The minimum Gasteiger partial charge on any atom is -0.356 e. The Hall–Kier alpha value is -3.14. The average Bonchev–Trinajstić information content (AvgIpc) is 3.04. The van der Waals surface area contributed by atoms with Crippen LogP contribution in [-0.4, -0.2) is 28.0 Å². The lowest BCUT2D eigenvalue weighted by atomic mass is 10.0. The largest absolute Gasteiger partial charge is 0.356 e. The molecule has 0 aliphatic carbocycles. The van der Waals surface area contributed by atoms with Gasteiger partial charge in [-0.2, -0.15) is 0 Å². The number of nitrogens with one attached hydrogen (secondary N) is 1. The zero-order valence-corrected chi connectivity index (χ0v) is 14.7. The quantitative estimate of drug-likeness (QED) is 0.582. The maximum Gasteiger partial charge on any atom is 0.129 e. The third-order valence-electron chi connectivity index (χ3n) is 5.07. The molecule has 1 fully saturated rings. The Morgan fingerprint density at radius 2 is 1.85 bits per heavy atom. The van der Waals surface area contributed by atoms with Crippen molar-refractivity contribution < 1.29 is 0 Å². The maximum absolute atomic E-state index is 4.51. The van der Waals surface area contributed by atoms with Gasteiger partial charge in [-0.15, -0.1) is 0 Å². The molecule has 0 amide bonds. The second kappa shape index (κ2) is 5.99. The SMILES string of the molecule is Cc1cncc(-c2ccc3[nH]c(-c4ccnc(N5CCC5)c4)cc3c2)c1. The molecule has 0 unspecified atom stereocenters. The van der Waals surface area contributed by atoms with Gasteiger partial charge < -0.3 is 9.88 Å². The van der Waals surface area contributed by atoms with E-state index < -0.39 is 0 Å². The van der Waals surface area contributed by atoms with Gasteiger partial charge in [-0.25, -0.2) is 4.98 Å². The van der Waals surface area contributed by atoms with E-state index in [0.717, 1.165) is 35.7 Å². The molecular weight excluding hydrogens is 320 g/mol. The molecule has 1 aliphatic heterocycles. The van der Waals surface area contributed by atoms with E-state index in [1.54, 1.807) is 0 Å². The molecule has 26 heavy (non-hydrogen) atoms. The van der Waals surface area contributed by atoms with Crippen molar-refractivity contribution in [3.8, 4) is 22.4 Å². The number of hydrogen-bond acceptors (Lipinski definition) is 3. The van der Waals surface area contributed by atoms with E-state index in [1.165, 1.54) is 28.5 Å². The minimum absolute atomic E-state index is 1.07. The van der Waals surface area contributed by atoms with Crippen LogP contribution in [0.25, 0.3) is 33.3 Å². The second-order valence-electron chi connectivity index (χ2n) is 6.98. The van der Waals surface area contributed by atoms with E-state index in [-0.39, 0.29) is 0 Å². The van der Waals surface area contributed by atoms with Crippen molar-refractivity contribution in [2.24, 2.45) is 0 Å². The van der Waals surface area contributed by atoms with Crippen LogP contribution in [0.5, 0.6) is 0 Å². The number of aryl methyl sites for hydroxylation is 1. The molecule has 4 heterocycles. The van der Waals surface area contributed by atoms with Crippen LogP contribution in [0, 0.1) is 6.92 Å². The van der Waals surface area contributed by atoms with Crippen LogP contribution in [0.1, 0.15) is 12.0 Å². The highest BCUT2D eigenvalue weighted by molar-refractivity contribution is 5.89. The first kappa shape index (κ1) is 15.1. The van der Waals surface area contributed by atoms with E-state index >= 15 is 0 Å². The summed E-state index contributed by atoms with van der Waals surface area (Å²) in [4.78, 5) is 14.7. The van der Waals surface area contributed by atoms with Gasteiger partial charge in [0, 0.05) is 59.4 Å². The number of H-pyrrole nitrogens is 1. The molecule has 128 valence electrons. The number of hydrogen-bond donors (Lipinski definition) is 1. The van der Waals surface area contributed by atoms with Gasteiger partial charge in [-0.3, -0.25) is 4.98 Å². The molecule has 1 N–H and O–H groups in total. The Balaban J connectivity index is 1.54. The lowest BCUT2D eigenvalue weighted by Crippen LogP contribution is -2.37. The van der Waals surface area contributed by atoms with Crippen LogP contribution in [-0.2, 0) is 0 Å². The van der Waals surface area contributed by atoms with Crippen LogP contribution >= 0.6 is 0 Å². The van der Waals surface area contributed by atoms with E-state index in [2.05, 4.69) is 69.2 Å². The molecule has 4 nitrogen and oxygen atoms in total. The molecule has 1 saturated heterocycles. The maximum atomic E-state index is 4.51. The van der Waals surface area contributed by atoms with Crippen LogP contribution in [0.2, 0.25) is 0 Å². The Bertz CT molecular complexity index is 1090. The third-order valence-corrected chi connectivity index (χ3v) is 5.07. The highest BCUT2D eigenvalue weighted by Gasteiger charge is 2.16. The fourth-order valence-corrected chi connectivity index (χ4v) is 3.48. The van der Waals surface area contributed by atoms with Crippen LogP contribution in [0.4, 0.5) is 5.82 Å². The number of aromatic nitrogens is 3. The van der Waals surface area contributed by atoms with E-state index in [9.17, 15) is 0 Å². The summed E-state index contributed by atoms with van der Waals surface area (Å²) in [6.07, 6.45) is 6.97. The molecule has 0 bridgehead atoms.